The summed E-state index contributed by atoms with van der Waals surface area (Å²) in [4.78, 5) is 2.29. The van der Waals surface area contributed by atoms with Crippen molar-refractivity contribution in [2.45, 2.75) is 24.9 Å². The Labute approximate surface area is 142 Å². The number of benzene rings is 1. The summed E-state index contributed by atoms with van der Waals surface area (Å²) in [6.07, 6.45) is -2.88. The summed E-state index contributed by atoms with van der Waals surface area (Å²) < 4.78 is 39.8. The Balaban J connectivity index is 1.55. The van der Waals surface area contributed by atoms with Gasteiger partial charge in [-0.3, -0.25) is 0 Å². The van der Waals surface area contributed by atoms with E-state index in [-0.39, 0.29) is 11.6 Å². The van der Waals surface area contributed by atoms with E-state index < -0.39 is 12.0 Å². The average molecular weight is 347 g/mol. The highest BCUT2D eigenvalue weighted by molar-refractivity contribution is 5.46. The molecule has 3 heterocycles. The number of nitrogens with zero attached hydrogens (tertiary/aromatic N) is 5. The van der Waals surface area contributed by atoms with E-state index in [1.165, 1.54) is 5.69 Å². The van der Waals surface area contributed by atoms with Crippen LogP contribution in [0, 0.1) is 0 Å². The second-order valence-electron chi connectivity index (χ2n) is 6.15. The summed E-state index contributed by atoms with van der Waals surface area (Å²) in [5, 5.41) is 10.9. The number of halogens is 3. The van der Waals surface area contributed by atoms with E-state index in [0.29, 0.717) is 5.69 Å². The Morgan fingerprint density at radius 3 is 2.32 bits per heavy atom. The third-order valence-electron chi connectivity index (χ3n) is 4.57. The van der Waals surface area contributed by atoms with Crippen LogP contribution in [0.15, 0.2) is 42.5 Å². The van der Waals surface area contributed by atoms with Crippen molar-refractivity contribution in [2.75, 3.05) is 18.0 Å². The molecule has 1 aromatic carbocycles. The zero-order chi connectivity index (χ0) is 17.4. The van der Waals surface area contributed by atoms with Gasteiger partial charge in [0.25, 0.3) is 5.82 Å². The highest BCUT2D eigenvalue weighted by Crippen LogP contribution is 2.31. The predicted octanol–water partition coefficient (Wildman–Crippen LogP) is 3.53. The molecule has 5 nitrogen and oxygen atoms in total. The maximum absolute atomic E-state index is 13.0. The predicted molar refractivity (Wildman–Crippen MR) is 86.4 cm³/mol. The molecule has 0 spiro atoms. The molecule has 130 valence electrons. The number of aromatic nitrogens is 4. The molecule has 0 saturated carbocycles. The van der Waals surface area contributed by atoms with Crippen LogP contribution < -0.4 is 4.90 Å². The Hall–Kier alpha value is -2.64. The minimum absolute atomic E-state index is 0.109. The Morgan fingerprint density at radius 2 is 1.64 bits per heavy atom. The smallest absolute Gasteiger partial charge is 0.371 e. The van der Waals surface area contributed by atoms with Crippen molar-refractivity contribution < 1.29 is 13.2 Å². The van der Waals surface area contributed by atoms with Crippen LogP contribution in [-0.4, -0.2) is 32.9 Å². The van der Waals surface area contributed by atoms with E-state index in [9.17, 15) is 13.2 Å². The summed E-state index contributed by atoms with van der Waals surface area (Å²) in [7, 11) is 0. The van der Waals surface area contributed by atoms with E-state index in [1.54, 1.807) is 12.1 Å². The van der Waals surface area contributed by atoms with Gasteiger partial charge in [0.2, 0.25) is 0 Å². The molecule has 0 unspecified atom stereocenters. The van der Waals surface area contributed by atoms with Gasteiger partial charge < -0.3 is 4.90 Å². The lowest BCUT2D eigenvalue weighted by Gasteiger charge is -2.33. The third kappa shape index (κ3) is 3.04. The zero-order valence-electron chi connectivity index (χ0n) is 13.3. The fraction of sp³-hybridized carbons (Fsp3) is 0.353. The highest BCUT2D eigenvalue weighted by atomic mass is 19.4. The lowest BCUT2D eigenvalue weighted by molar-refractivity contribution is -0.146. The minimum Gasteiger partial charge on any atom is -0.371 e. The van der Waals surface area contributed by atoms with E-state index in [2.05, 4.69) is 32.3 Å². The van der Waals surface area contributed by atoms with Gasteiger partial charge in [0, 0.05) is 24.7 Å². The number of piperidine rings is 1. The first-order chi connectivity index (χ1) is 12.0. The molecule has 3 aromatic rings. The molecule has 1 aliphatic rings. The Bertz CT molecular complexity index is 867. The molecule has 0 radical (unpaired) electrons. The lowest BCUT2D eigenvalue weighted by atomic mass is 9.93. The fourth-order valence-corrected chi connectivity index (χ4v) is 3.27. The van der Waals surface area contributed by atoms with Gasteiger partial charge in [0.15, 0.2) is 5.65 Å². The van der Waals surface area contributed by atoms with Gasteiger partial charge in [0.05, 0.1) is 5.69 Å². The van der Waals surface area contributed by atoms with E-state index in [1.807, 2.05) is 18.2 Å². The SMILES string of the molecule is FC(F)(F)c1nnc2ccc(C3CCN(c4ccccc4)CC3)nn12. The summed E-state index contributed by atoms with van der Waals surface area (Å²) in [5.74, 6) is -0.945. The van der Waals surface area contributed by atoms with E-state index >= 15 is 0 Å². The largest absolute Gasteiger partial charge is 0.453 e. The molecule has 1 fully saturated rings. The second kappa shape index (κ2) is 6.02. The molecule has 4 rings (SSSR count). The van der Waals surface area contributed by atoms with Crippen LogP contribution in [0.1, 0.15) is 30.3 Å². The summed E-state index contributed by atoms with van der Waals surface area (Å²) in [6.45, 7) is 1.70. The molecule has 0 amide bonds. The second-order valence-corrected chi connectivity index (χ2v) is 6.15. The molecule has 0 aliphatic carbocycles. The van der Waals surface area contributed by atoms with Crippen LogP contribution in [0.2, 0.25) is 0 Å². The first kappa shape index (κ1) is 15.9. The van der Waals surface area contributed by atoms with E-state index in [0.717, 1.165) is 30.4 Å². The van der Waals surface area contributed by atoms with Gasteiger partial charge in [-0.15, -0.1) is 10.2 Å². The average Bonchev–Trinajstić information content (AvgIpc) is 3.06. The standard InChI is InChI=1S/C17H16F3N5/c18-17(19,20)16-22-21-15-7-6-14(23-25(15)16)12-8-10-24(11-9-12)13-4-2-1-3-5-13/h1-7,12H,8-11H2. The van der Waals surface area contributed by atoms with Crippen molar-refractivity contribution in [2.24, 2.45) is 0 Å². The van der Waals surface area contributed by atoms with Crippen molar-refractivity contribution in [3.63, 3.8) is 0 Å². The van der Waals surface area contributed by atoms with Crippen molar-refractivity contribution in [3.8, 4) is 0 Å². The van der Waals surface area contributed by atoms with Crippen molar-refractivity contribution in [1.29, 1.82) is 0 Å². The first-order valence-electron chi connectivity index (χ1n) is 8.12. The van der Waals surface area contributed by atoms with Crippen LogP contribution >= 0.6 is 0 Å². The van der Waals surface area contributed by atoms with Crippen molar-refractivity contribution >= 4 is 11.3 Å². The molecule has 0 bridgehead atoms. The van der Waals surface area contributed by atoms with Gasteiger partial charge in [-0.25, -0.2) is 0 Å². The first-order valence-corrected chi connectivity index (χ1v) is 8.12. The van der Waals surface area contributed by atoms with Gasteiger partial charge in [0.1, 0.15) is 0 Å². The Morgan fingerprint density at radius 1 is 0.920 bits per heavy atom. The van der Waals surface area contributed by atoms with Crippen molar-refractivity contribution in [1.82, 2.24) is 19.8 Å². The van der Waals surface area contributed by atoms with Gasteiger partial charge in [-0.1, -0.05) is 18.2 Å². The van der Waals surface area contributed by atoms with E-state index in [4.69, 9.17) is 0 Å². The maximum Gasteiger partial charge on any atom is 0.453 e. The highest BCUT2D eigenvalue weighted by Gasteiger charge is 2.38. The van der Waals surface area contributed by atoms with Gasteiger partial charge in [-0.05, 0) is 37.1 Å². The molecular formula is C17H16F3N5. The molecule has 25 heavy (non-hydrogen) atoms. The summed E-state index contributed by atoms with van der Waals surface area (Å²) >= 11 is 0. The minimum atomic E-state index is -4.57. The van der Waals surface area contributed by atoms with Crippen LogP contribution in [0.3, 0.4) is 0 Å². The van der Waals surface area contributed by atoms with Gasteiger partial charge in [-0.2, -0.15) is 22.8 Å². The molecule has 1 saturated heterocycles. The summed E-state index contributed by atoms with van der Waals surface area (Å²) in [6, 6.07) is 13.4. The molecule has 2 aromatic heterocycles. The maximum atomic E-state index is 13.0. The monoisotopic (exact) mass is 347 g/mol. The van der Waals surface area contributed by atoms with Crippen molar-refractivity contribution in [3.05, 3.63) is 54.0 Å². The normalized spacial score (nSPS) is 16.5. The zero-order valence-corrected chi connectivity index (χ0v) is 13.3. The molecule has 8 heteroatoms. The summed E-state index contributed by atoms with van der Waals surface area (Å²) in [5.41, 5.74) is 1.94. The topological polar surface area (TPSA) is 46.3 Å². The molecule has 0 N–H and O–H groups in total. The number of hydrogen-bond donors (Lipinski definition) is 0. The quantitative estimate of drug-likeness (QED) is 0.712. The van der Waals surface area contributed by atoms with Crippen LogP contribution in [0.25, 0.3) is 5.65 Å². The number of hydrogen-bond acceptors (Lipinski definition) is 4. The number of alkyl halides is 3. The van der Waals surface area contributed by atoms with Crippen LogP contribution in [0.4, 0.5) is 18.9 Å². The third-order valence-corrected chi connectivity index (χ3v) is 4.57. The Kier molecular flexibility index (Phi) is 3.82. The molecule has 0 atom stereocenters. The lowest BCUT2D eigenvalue weighted by Crippen LogP contribution is -2.33. The fourth-order valence-electron chi connectivity index (χ4n) is 3.27. The van der Waals surface area contributed by atoms with Gasteiger partial charge >= 0.3 is 6.18 Å². The van der Waals surface area contributed by atoms with Crippen LogP contribution in [-0.2, 0) is 6.18 Å². The molecular weight excluding hydrogens is 331 g/mol. The molecule has 1 aliphatic heterocycles. The number of anilines is 1. The number of fused-ring (bicyclic) bond motifs is 1. The number of rotatable bonds is 2. The van der Waals surface area contributed by atoms with Crippen LogP contribution in [0.5, 0.6) is 0 Å². The number of para-hydroxylation sites is 1.